The van der Waals surface area contributed by atoms with Gasteiger partial charge in [0.1, 0.15) is 0 Å². The zero-order valence-corrected chi connectivity index (χ0v) is 13.5. The molecule has 0 N–H and O–H groups in total. The van der Waals surface area contributed by atoms with Crippen molar-refractivity contribution in [3.63, 3.8) is 0 Å². The van der Waals surface area contributed by atoms with E-state index in [-0.39, 0.29) is 12.0 Å². The Bertz CT molecular complexity index is 553. The average molecular weight is 317 g/mol. The van der Waals surface area contributed by atoms with Crippen molar-refractivity contribution >= 4 is 11.6 Å². The molecule has 6 nitrogen and oxygen atoms in total. The van der Waals surface area contributed by atoms with E-state index in [0.717, 1.165) is 43.6 Å². The normalized spacial score (nSPS) is 21.9. The standard InChI is InChI=1S/C17H23N3O3/c1-2-14-10-16(23-19-14)17(21)20-8-5-15(6-9-20)22-12-13-4-3-7-18-11-13/h3-4,7,11,15-16H,2,5-6,8-10,12H2,1H3/t16-/m1/s1. The molecule has 0 radical (unpaired) electrons. The molecule has 0 spiro atoms. The highest BCUT2D eigenvalue weighted by Gasteiger charge is 2.33. The fourth-order valence-corrected chi connectivity index (χ4v) is 2.91. The predicted molar refractivity (Wildman–Crippen MR) is 85.8 cm³/mol. The molecular weight excluding hydrogens is 294 g/mol. The first-order valence-corrected chi connectivity index (χ1v) is 8.27. The molecule has 1 fully saturated rings. The van der Waals surface area contributed by atoms with Crippen molar-refractivity contribution in [3.05, 3.63) is 30.1 Å². The van der Waals surface area contributed by atoms with E-state index in [0.29, 0.717) is 13.0 Å². The maximum absolute atomic E-state index is 12.4. The van der Waals surface area contributed by atoms with Gasteiger partial charge < -0.3 is 14.5 Å². The van der Waals surface area contributed by atoms with Crippen LogP contribution in [0.1, 0.15) is 38.2 Å². The molecule has 0 aliphatic carbocycles. The number of piperidine rings is 1. The molecule has 2 aliphatic heterocycles. The highest BCUT2D eigenvalue weighted by molar-refractivity contribution is 5.92. The van der Waals surface area contributed by atoms with Crippen LogP contribution < -0.4 is 0 Å². The first kappa shape index (κ1) is 15.9. The number of rotatable bonds is 5. The fraction of sp³-hybridized carbons (Fsp3) is 0.588. The van der Waals surface area contributed by atoms with Crippen molar-refractivity contribution in [2.45, 2.75) is 51.4 Å². The summed E-state index contributed by atoms with van der Waals surface area (Å²) in [5.74, 6) is 0.0582. The summed E-state index contributed by atoms with van der Waals surface area (Å²) in [6.45, 7) is 4.04. The van der Waals surface area contributed by atoms with Gasteiger partial charge in [0, 0.05) is 31.9 Å². The van der Waals surface area contributed by atoms with E-state index >= 15 is 0 Å². The summed E-state index contributed by atoms with van der Waals surface area (Å²) in [4.78, 5) is 23.6. The van der Waals surface area contributed by atoms with Gasteiger partial charge in [-0.05, 0) is 30.9 Å². The van der Waals surface area contributed by atoms with Gasteiger partial charge >= 0.3 is 0 Å². The van der Waals surface area contributed by atoms with Crippen LogP contribution in [0.25, 0.3) is 0 Å². The lowest BCUT2D eigenvalue weighted by Gasteiger charge is -2.32. The second-order valence-electron chi connectivity index (χ2n) is 6.01. The molecule has 0 bridgehead atoms. The molecule has 1 aromatic rings. The molecule has 124 valence electrons. The number of carbonyl (C=O) groups excluding carboxylic acids is 1. The number of hydrogen-bond acceptors (Lipinski definition) is 5. The number of ether oxygens (including phenoxy) is 1. The van der Waals surface area contributed by atoms with E-state index in [4.69, 9.17) is 9.57 Å². The minimum Gasteiger partial charge on any atom is -0.382 e. The molecule has 0 unspecified atom stereocenters. The third-order valence-corrected chi connectivity index (χ3v) is 4.38. The Morgan fingerprint density at radius 2 is 2.26 bits per heavy atom. The van der Waals surface area contributed by atoms with E-state index < -0.39 is 6.10 Å². The molecule has 1 saturated heterocycles. The zero-order chi connectivity index (χ0) is 16.1. The quantitative estimate of drug-likeness (QED) is 0.834. The number of hydrogen-bond donors (Lipinski definition) is 0. The van der Waals surface area contributed by atoms with Gasteiger partial charge in [-0.25, -0.2) is 0 Å². The molecule has 1 atom stereocenters. The summed E-state index contributed by atoms with van der Waals surface area (Å²) >= 11 is 0. The molecule has 1 amide bonds. The monoisotopic (exact) mass is 317 g/mol. The molecule has 0 saturated carbocycles. The molecular formula is C17H23N3O3. The smallest absolute Gasteiger partial charge is 0.266 e. The fourth-order valence-electron chi connectivity index (χ4n) is 2.91. The van der Waals surface area contributed by atoms with E-state index in [1.165, 1.54) is 0 Å². The van der Waals surface area contributed by atoms with Gasteiger partial charge in [0.15, 0.2) is 0 Å². The Morgan fingerprint density at radius 3 is 2.91 bits per heavy atom. The number of oxime groups is 1. The Kier molecular flexibility index (Phi) is 5.23. The third-order valence-electron chi connectivity index (χ3n) is 4.38. The Labute approximate surface area is 136 Å². The molecule has 3 rings (SSSR count). The van der Waals surface area contributed by atoms with Crippen LogP contribution in [0, 0.1) is 0 Å². The summed E-state index contributed by atoms with van der Waals surface area (Å²) in [7, 11) is 0. The van der Waals surface area contributed by atoms with Crippen molar-refractivity contribution in [1.82, 2.24) is 9.88 Å². The van der Waals surface area contributed by atoms with Crippen LogP contribution in [0.3, 0.4) is 0 Å². The van der Waals surface area contributed by atoms with E-state index in [2.05, 4.69) is 10.1 Å². The topological polar surface area (TPSA) is 64.0 Å². The van der Waals surface area contributed by atoms with Crippen LogP contribution in [0.4, 0.5) is 0 Å². The highest BCUT2D eigenvalue weighted by atomic mass is 16.6. The number of carbonyl (C=O) groups is 1. The number of likely N-dealkylation sites (tertiary alicyclic amines) is 1. The molecule has 6 heteroatoms. The average Bonchev–Trinajstić information content (AvgIpc) is 3.10. The molecule has 3 heterocycles. The molecule has 23 heavy (non-hydrogen) atoms. The Morgan fingerprint density at radius 1 is 1.43 bits per heavy atom. The van der Waals surface area contributed by atoms with Gasteiger partial charge in [0.25, 0.3) is 5.91 Å². The minimum atomic E-state index is -0.419. The summed E-state index contributed by atoms with van der Waals surface area (Å²) in [6, 6.07) is 3.92. The van der Waals surface area contributed by atoms with Gasteiger partial charge in [-0.3, -0.25) is 9.78 Å². The first-order chi connectivity index (χ1) is 11.3. The van der Waals surface area contributed by atoms with Gasteiger partial charge in [-0.15, -0.1) is 0 Å². The summed E-state index contributed by atoms with van der Waals surface area (Å²) in [6.07, 6.45) is 6.55. The maximum atomic E-state index is 12.4. The first-order valence-electron chi connectivity index (χ1n) is 8.27. The van der Waals surface area contributed by atoms with Gasteiger partial charge in [0.2, 0.25) is 6.10 Å². The zero-order valence-electron chi connectivity index (χ0n) is 13.5. The summed E-state index contributed by atoms with van der Waals surface area (Å²) in [5.41, 5.74) is 2.05. The summed E-state index contributed by atoms with van der Waals surface area (Å²) < 4.78 is 5.93. The van der Waals surface area contributed by atoms with Crippen LogP contribution in [-0.2, 0) is 21.0 Å². The number of pyridine rings is 1. The van der Waals surface area contributed by atoms with Crippen LogP contribution in [0.5, 0.6) is 0 Å². The van der Waals surface area contributed by atoms with Crippen molar-refractivity contribution in [1.29, 1.82) is 0 Å². The van der Waals surface area contributed by atoms with Gasteiger partial charge in [-0.1, -0.05) is 18.1 Å². The minimum absolute atomic E-state index is 0.0582. The lowest BCUT2D eigenvalue weighted by molar-refractivity contribution is -0.144. The van der Waals surface area contributed by atoms with Crippen molar-refractivity contribution in [3.8, 4) is 0 Å². The molecule has 1 aromatic heterocycles. The van der Waals surface area contributed by atoms with Gasteiger partial charge in [0.05, 0.1) is 18.4 Å². The number of amides is 1. The lowest BCUT2D eigenvalue weighted by atomic mass is 10.1. The van der Waals surface area contributed by atoms with Crippen molar-refractivity contribution < 1.29 is 14.4 Å². The maximum Gasteiger partial charge on any atom is 0.266 e. The number of nitrogens with zero attached hydrogens (tertiary/aromatic N) is 3. The van der Waals surface area contributed by atoms with Crippen LogP contribution in [-0.4, -0.2) is 46.8 Å². The largest absolute Gasteiger partial charge is 0.382 e. The van der Waals surface area contributed by atoms with E-state index in [9.17, 15) is 4.79 Å². The Hall–Kier alpha value is -1.95. The van der Waals surface area contributed by atoms with Gasteiger partial charge in [-0.2, -0.15) is 0 Å². The lowest BCUT2D eigenvalue weighted by Crippen LogP contribution is -2.45. The van der Waals surface area contributed by atoms with E-state index in [1.807, 2.05) is 30.2 Å². The van der Waals surface area contributed by atoms with Crippen LogP contribution in [0.2, 0.25) is 0 Å². The second-order valence-corrected chi connectivity index (χ2v) is 6.01. The Balaban J connectivity index is 1.41. The van der Waals surface area contributed by atoms with Crippen molar-refractivity contribution in [2.75, 3.05) is 13.1 Å². The second kappa shape index (κ2) is 7.55. The third kappa shape index (κ3) is 4.07. The molecule has 0 aromatic carbocycles. The SMILES string of the molecule is CCC1=NO[C@@H](C(=O)N2CCC(OCc3cccnc3)CC2)C1. The highest BCUT2D eigenvalue weighted by Crippen LogP contribution is 2.20. The van der Waals surface area contributed by atoms with E-state index in [1.54, 1.807) is 6.20 Å². The number of aromatic nitrogens is 1. The molecule has 2 aliphatic rings. The summed E-state index contributed by atoms with van der Waals surface area (Å²) in [5, 5.41) is 3.97. The van der Waals surface area contributed by atoms with Crippen LogP contribution in [0.15, 0.2) is 29.7 Å². The predicted octanol–water partition coefficient (Wildman–Crippen LogP) is 2.14. The van der Waals surface area contributed by atoms with Crippen LogP contribution >= 0.6 is 0 Å². The van der Waals surface area contributed by atoms with Crippen molar-refractivity contribution in [2.24, 2.45) is 5.16 Å².